The highest BCUT2D eigenvalue weighted by Gasteiger charge is 2.42. The number of halogens is 5. The number of nitrogens with zero attached hydrogens (tertiary/aromatic N) is 5. The van der Waals surface area contributed by atoms with E-state index in [1.807, 2.05) is 0 Å². The van der Waals surface area contributed by atoms with Crippen molar-refractivity contribution >= 4 is 46.7 Å². The van der Waals surface area contributed by atoms with E-state index in [1.165, 1.54) is 36.5 Å². The van der Waals surface area contributed by atoms with Crippen molar-refractivity contribution in [2.24, 2.45) is 11.8 Å². The molecule has 0 atom stereocenters. The topological polar surface area (TPSA) is 209 Å². The Morgan fingerprint density at radius 1 is 0.984 bits per heavy atom. The summed E-state index contributed by atoms with van der Waals surface area (Å²) in [6.45, 7) is 8.36. The molecule has 0 aliphatic carbocycles. The third-order valence-corrected chi connectivity index (χ3v) is 12.2. The molecule has 7 rings (SSSR count). The fraction of sp³-hybridized carbons (Fsp3) is 0.476. The number of aliphatic carboxylic acids is 1. The molecule has 2 aromatic heterocycles. The molecule has 0 spiro atoms. The molecule has 3 amide bonds. The van der Waals surface area contributed by atoms with Crippen LogP contribution in [0.1, 0.15) is 64.6 Å². The molecule has 3 saturated heterocycles. The van der Waals surface area contributed by atoms with Gasteiger partial charge in [-0.25, -0.2) is 14.2 Å². The lowest BCUT2D eigenvalue weighted by Crippen LogP contribution is -2.62. The second kappa shape index (κ2) is 18.3. The minimum atomic E-state index is -4.89. The van der Waals surface area contributed by atoms with E-state index in [1.54, 1.807) is 23.6 Å². The zero-order valence-electron chi connectivity index (χ0n) is 34.7. The largest absolute Gasteiger partial charge is 0.477 e. The number of aromatic nitrogens is 4. The number of hydrogen-bond donors (Lipinski definition) is 7. The molecule has 4 aromatic rings. The number of amides is 3. The van der Waals surface area contributed by atoms with Gasteiger partial charge >= 0.3 is 12.1 Å². The zero-order valence-corrected chi connectivity index (χ0v) is 35.5. The van der Waals surface area contributed by atoms with E-state index in [-0.39, 0.29) is 88.5 Å². The Hall–Kier alpha value is -5.57. The van der Waals surface area contributed by atoms with Crippen LogP contribution >= 0.6 is 11.6 Å². The Balaban J connectivity index is 0.938. The standard InChI is InChI=1S/C42H49ClF4N10O6/c1-41(2,63)23-50-26-3-6-30(33(44)17-26)35-31(36(54-53-35)42(45,46)47)15-28-20-49-37(51-28)38(60)52-27-4-5-29(32(43)16-27)40(62)56-11-9-55(10-12-56)39(61)25-7-13-57(14-8-25,22-34(58)59)21-24-18-48-19-24/h3-6,16-17,20,24-25,48,63H,7-15,18-19,21-23H2,1-2H3,(H4-,49,50,51,52,53,54,58,59,60,62)/p+1. The Kier molecular flexibility index (Phi) is 13.2. The van der Waals surface area contributed by atoms with Crippen LogP contribution in [-0.4, -0.2) is 146 Å². The predicted molar refractivity (Wildman–Crippen MR) is 224 cm³/mol. The number of carboxylic acids is 1. The van der Waals surface area contributed by atoms with Crippen LogP contribution in [0.5, 0.6) is 0 Å². The van der Waals surface area contributed by atoms with E-state index in [0.717, 1.165) is 25.7 Å². The molecule has 63 heavy (non-hydrogen) atoms. The number of piperidine rings is 1. The number of imidazole rings is 1. The molecule has 3 aliphatic rings. The minimum absolute atomic E-state index is 0.0225. The highest BCUT2D eigenvalue weighted by atomic mass is 35.5. The van der Waals surface area contributed by atoms with Gasteiger partial charge in [-0.2, -0.15) is 18.3 Å². The Labute approximate surface area is 365 Å². The number of aliphatic hydroxyl groups is 1. The molecular formula is C42H50ClF4N10O6+. The minimum Gasteiger partial charge on any atom is -0.477 e. The van der Waals surface area contributed by atoms with Crippen LogP contribution in [0.25, 0.3) is 11.3 Å². The number of carbonyl (C=O) groups is 4. The van der Waals surface area contributed by atoms with Crippen molar-refractivity contribution in [2.75, 3.05) is 82.6 Å². The fourth-order valence-corrected chi connectivity index (χ4v) is 8.75. The summed E-state index contributed by atoms with van der Waals surface area (Å²) in [6.07, 6.45) is -2.92. The first kappa shape index (κ1) is 45.5. The van der Waals surface area contributed by atoms with Crippen molar-refractivity contribution in [1.82, 2.24) is 35.3 Å². The number of carbonyl (C=O) groups excluding carboxylic acids is 3. The van der Waals surface area contributed by atoms with Crippen LogP contribution in [0.4, 0.5) is 28.9 Å². The third-order valence-electron chi connectivity index (χ3n) is 11.9. The van der Waals surface area contributed by atoms with Crippen molar-refractivity contribution in [3.05, 3.63) is 81.8 Å². The number of hydrogen-bond acceptors (Lipinski definition) is 9. The van der Waals surface area contributed by atoms with Gasteiger partial charge in [0.2, 0.25) is 5.91 Å². The van der Waals surface area contributed by atoms with Crippen LogP contribution in [0.15, 0.2) is 42.6 Å². The molecule has 3 aliphatic heterocycles. The van der Waals surface area contributed by atoms with E-state index in [2.05, 4.69) is 36.1 Å². The van der Waals surface area contributed by atoms with Crippen LogP contribution in [0.2, 0.25) is 5.02 Å². The zero-order chi connectivity index (χ0) is 45.3. The summed E-state index contributed by atoms with van der Waals surface area (Å²) in [5, 5.41) is 34.1. The molecule has 0 unspecified atom stereocenters. The van der Waals surface area contributed by atoms with Gasteiger partial charge in [-0.05, 0) is 50.2 Å². The molecule has 7 N–H and O–H groups in total. The molecule has 2 aromatic carbocycles. The normalized spacial score (nSPS) is 19.7. The maximum absolute atomic E-state index is 15.3. The first-order valence-electron chi connectivity index (χ1n) is 20.7. The van der Waals surface area contributed by atoms with Crippen LogP contribution < -0.4 is 16.0 Å². The number of likely N-dealkylation sites (tertiary alicyclic amines) is 1. The number of quaternary nitrogens is 1. The fourth-order valence-electron chi connectivity index (χ4n) is 8.49. The van der Waals surface area contributed by atoms with E-state index in [4.69, 9.17) is 11.6 Å². The molecule has 0 radical (unpaired) electrons. The van der Waals surface area contributed by atoms with Gasteiger partial charge in [-0.15, -0.1) is 0 Å². The number of benzene rings is 2. The van der Waals surface area contributed by atoms with Gasteiger partial charge < -0.3 is 45.4 Å². The van der Waals surface area contributed by atoms with Crippen LogP contribution in [0.3, 0.4) is 0 Å². The third kappa shape index (κ3) is 10.8. The number of nitrogens with one attached hydrogen (secondary N) is 5. The summed E-state index contributed by atoms with van der Waals surface area (Å²) in [6, 6.07) is 8.17. The second-order valence-corrected chi connectivity index (χ2v) is 17.7. The lowest BCUT2D eigenvalue weighted by molar-refractivity contribution is -0.929. The summed E-state index contributed by atoms with van der Waals surface area (Å²) < 4.78 is 58.0. The number of carboxylic acid groups (broad SMARTS) is 1. The highest BCUT2D eigenvalue weighted by Crippen LogP contribution is 2.37. The summed E-state index contributed by atoms with van der Waals surface area (Å²) in [4.78, 5) is 62.1. The SMILES string of the molecule is CC(C)(O)CNc1ccc(-c2[nH]nc(C(F)(F)F)c2Cc2cnc(C(=O)Nc3ccc(C(=O)N4CCN(C(=O)C5CC[N+](CC(=O)O)(CC6CNC6)CC5)CC4)c(Cl)c3)[nH]2)c(F)c1. The maximum Gasteiger partial charge on any atom is 0.435 e. The summed E-state index contributed by atoms with van der Waals surface area (Å²) in [5.41, 5.74) is -2.32. The Morgan fingerprint density at radius 2 is 1.67 bits per heavy atom. The molecule has 21 heteroatoms. The lowest BCUT2D eigenvalue weighted by atomic mass is 9.90. The van der Waals surface area contributed by atoms with Crippen LogP contribution in [0, 0.1) is 17.7 Å². The smallest absolute Gasteiger partial charge is 0.435 e. The van der Waals surface area contributed by atoms with Crippen molar-refractivity contribution in [2.45, 2.75) is 44.9 Å². The highest BCUT2D eigenvalue weighted by molar-refractivity contribution is 6.34. The number of rotatable bonds is 14. The number of alkyl halides is 3. The van der Waals surface area contributed by atoms with Crippen molar-refractivity contribution in [1.29, 1.82) is 0 Å². The monoisotopic (exact) mass is 901 g/mol. The molecule has 3 fully saturated rings. The van der Waals surface area contributed by atoms with Gasteiger partial charge in [-0.3, -0.25) is 19.5 Å². The van der Waals surface area contributed by atoms with E-state index in [9.17, 15) is 42.6 Å². The quantitative estimate of drug-likeness (QED) is 0.0699. The van der Waals surface area contributed by atoms with Gasteiger partial charge in [0, 0.05) is 111 Å². The first-order valence-corrected chi connectivity index (χ1v) is 21.1. The van der Waals surface area contributed by atoms with E-state index >= 15 is 4.39 Å². The number of piperazine rings is 1. The van der Waals surface area contributed by atoms with Crippen LogP contribution in [-0.2, 0) is 22.2 Å². The number of H-pyrrole nitrogens is 2. The molecule has 0 bridgehead atoms. The van der Waals surface area contributed by atoms with Gasteiger partial charge in [0.15, 0.2) is 18.1 Å². The lowest BCUT2D eigenvalue weighted by Gasteiger charge is -2.46. The number of aromatic amines is 2. The first-order chi connectivity index (χ1) is 29.8. The summed E-state index contributed by atoms with van der Waals surface area (Å²) >= 11 is 6.54. The maximum atomic E-state index is 15.3. The average Bonchev–Trinajstić information content (AvgIpc) is 3.86. The molecule has 16 nitrogen and oxygen atoms in total. The Bertz CT molecular complexity index is 2340. The second-order valence-electron chi connectivity index (χ2n) is 17.3. The molecule has 338 valence electrons. The molecule has 5 heterocycles. The van der Waals surface area contributed by atoms with Gasteiger partial charge in [0.25, 0.3) is 11.8 Å². The summed E-state index contributed by atoms with van der Waals surface area (Å²) in [7, 11) is 0. The molecular weight excluding hydrogens is 852 g/mol. The van der Waals surface area contributed by atoms with E-state index in [0.29, 0.717) is 55.1 Å². The average molecular weight is 902 g/mol. The van der Waals surface area contributed by atoms with Gasteiger partial charge in [-0.1, -0.05) is 11.6 Å². The summed E-state index contributed by atoms with van der Waals surface area (Å²) in [5.74, 6) is -2.73. The molecule has 0 saturated carbocycles. The van der Waals surface area contributed by atoms with Crippen molar-refractivity contribution < 1.29 is 51.4 Å². The van der Waals surface area contributed by atoms with Gasteiger partial charge in [0.05, 0.1) is 41.5 Å². The number of anilines is 2. The Morgan fingerprint density at radius 3 is 2.27 bits per heavy atom. The van der Waals surface area contributed by atoms with Crippen molar-refractivity contribution in [3.63, 3.8) is 0 Å². The predicted octanol–water partition coefficient (Wildman–Crippen LogP) is 4.45. The van der Waals surface area contributed by atoms with Gasteiger partial charge in [0.1, 0.15) is 5.82 Å². The van der Waals surface area contributed by atoms with Crippen molar-refractivity contribution in [3.8, 4) is 11.3 Å². The van der Waals surface area contributed by atoms with E-state index < -0.39 is 41.6 Å².